The van der Waals surface area contributed by atoms with Gasteiger partial charge in [0.25, 0.3) is 0 Å². The lowest BCUT2D eigenvalue weighted by molar-refractivity contribution is -0.137. The lowest BCUT2D eigenvalue weighted by Crippen LogP contribution is -2.48. The molecule has 1 aliphatic rings. The molecule has 5 nitrogen and oxygen atoms in total. The zero-order chi connectivity index (χ0) is 15.4. The fraction of sp³-hybridized carbons (Fsp3) is 0.467. The van der Waals surface area contributed by atoms with Gasteiger partial charge < -0.3 is 15.3 Å². The highest BCUT2D eigenvalue weighted by Crippen LogP contribution is 2.37. The molecule has 0 aliphatic heterocycles. The Kier molecular flexibility index (Phi) is 5.07. The topological polar surface area (TPSA) is 69.6 Å². The summed E-state index contributed by atoms with van der Waals surface area (Å²) in [5.41, 5.74) is 1.24. The molecule has 0 bridgehead atoms. The predicted octanol–water partition coefficient (Wildman–Crippen LogP) is 2.70. The first-order chi connectivity index (χ1) is 9.95. The molecule has 1 aromatic carbocycles. The van der Waals surface area contributed by atoms with E-state index in [1.54, 1.807) is 7.05 Å². The van der Waals surface area contributed by atoms with Gasteiger partial charge in [-0.05, 0) is 36.5 Å². The van der Waals surface area contributed by atoms with E-state index in [9.17, 15) is 9.59 Å². The van der Waals surface area contributed by atoms with Crippen molar-refractivity contribution in [3.05, 3.63) is 34.9 Å². The molecule has 0 heterocycles. The largest absolute Gasteiger partial charge is 0.481 e. The SMILES string of the molecule is CN(CCC(=O)O)C(=O)NC1CC(c2ccc(Cl)cc2)C1. The molecule has 1 aromatic rings. The second-order valence-electron chi connectivity index (χ2n) is 5.43. The number of hydrogen-bond acceptors (Lipinski definition) is 2. The van der Waals surface area contributed by atoms with Crippen LogP contribution < -0.4 is 5.32 Å². The highest BCUT2D eigenvalue weighted by atomic mass is 35.5. The number of carboxylic acids is 1. The summed E-state index contributed by atoms with van der Waals surface area (Å²) in [5.74, 6) is -0.446. The Bertz CT molecular complexity index is 512. The molecule has 6 heteroatoms. The molecule has 1 aliphatic carbocycles. The number of aliphatic carboxylic acids is 1. The van der Waals surface area contributed by atoms with Gasteiger partial charge in [0, 0.05) is 24.7 Å². The number of carboxylic acid groups (broad SMARTS) is 1. The Morgan fingerprint density at radius 1 is 1.33 bits per heavy atom. The van der Waals surface area contributed by atoms with E-state index in [1.807, 2.05) is 24.3 Å². The maximum Gasteiger partial charge on any atom is 0.317 e. The molecular weight excluding hydrogens is 292 g/mol. The Morgan fingerprint density at radius 3 is 2.52 bits per heavy atom. The van der Waals surface area contributed by atoms with E-state index < -0.39 is 5.97 Å². The van der Waals surface area contributed by atoms with Crippen molar-refractivity contribution >= 4 is 23.6 Å². The molecule has 0 spiro atoms. The molecule has 2 N–H and O–H groups in total. The predicted molar refractivity (Wildman–Crippen MR) is 80.6 cm³/mol. The maximum atomic E-state index is 11.9. The molecule has 0 atom stereocenters. The van der Waals surface area contributed by atoms with Crippen molar-refractivity contribution in [2.75, 3.05) is 13.6 Å². The number of urea groups is 1. The van der Waals surface area contributed by atoms with Crippen LogP contribution in [0.4, 0.5) is 4.79 Å². The van der Waals surface area contributed by atoms with Crippen molar-refractivity contribution in [2.24, 2.45) is 0 Å². The van der Waals surface area contributed by atoms with Gasteiger partial charge in [-0.25, -0.2) is 4.79 Å². The number of nitrogens with one attached hydrogen (secondary N) is 1. The van der Waals surface area contributed by atoms with Crippen molar-refractivity contribution < 1.29 is 14.7 Å². The zero-order valence-corrected chi connectivity index (χ0v) is 12.6. The third-order valence-corrected chi connectivity index (χ3v) is 4.07. The summed E-state index contributed by atoms with van der Waals surface area (Å²) in [4.78, 5) is 23.7. The highest BCUT2D eigenvalue weighted by molar-refractivity contribution is 6.30. The van der Waals surface area contributed by atoms with Crippen LogP contribution in [0.15, 0.2) is 24.3 Å². The maximum absolute atomic E-state index is 11.9. The first-order valence-corrected chi connectivity index (χ1v) is 7.32. The summed E-state index contributed by atoms with van der Waals surface area (Å²) < 4.78 is 0. The first kappa shape index (κ1) is 15.6. The normalized spacial score (nSPS) is 20.5. The fourth-order valence-electron chi connectivity index (χ4n) is 2.39. The molecular formula is C15H19ClN2O3. The van der Waals surface area contributed by atoms with Crippen molar-refractivity contribution in [2.45, 2.75) is 31.2 Å². The van der Waals surface area contributed by atoms with Crippen molar-refractivity contribution in [3.63, 3.8) is 0 Å². The molecule has 1 fully saturated rings. The summed E-state index contributed by atoms with van der Waals surface area (Å²) in [6.45, 7) is 0.217. The van der Waals surface area contributed by atoms with Gasteiger partial charge >= 0.3 is 12.0 Å². The van der Waals surface area contributed by atoms with Gasteiger partial charge in [-0.15, -0.1) is 0 Å². The number of carbonyl (C=O) groups excluding carboxylic acids is 1. The van der Waals surface area contributed by atoms with Gasteiger partial charge in [-0.2, -0.15) is 0 Å². The Hall–Kier alpha value is -1.75. The molecule has 0 unspecified atom stereocenters. The van der Waals surface area contributed by atoms with E-state index in [0.29, 0.717) is 5.92 Å². The van der Waals surface area contributed by atoms with E-state index in [-0.39, 0.29) is 25.0 Å². The van der Waals surface area contributed by atoms with Gasteiger partial charge in [-0.3, -0.25) is 4.79 Å². The van der Waals surface area contributed by atoms with Gasteiger partial charge in [-0.1, -0.05) is 23.7 Å². The molecule has 21 heavy (non-hydrogen) atoms. The number of nitrogens with zero attached hydrogens (tertiary/aromatic N) is 1. The number of rotatable bonds is 5. The molecule has 2 rings (SSSR count). The van der Waals surface area contributed by atoms with Crippen LogP contribution in [0.2, 0.25) is 5.02 Å². The molecule has 0 aromatic heterocycles. The lowest BCUT2D eigenvalue weighted by atomic mass is 9.76. The monoisotopic (exact) mass is 310 g/mol. The van der Waals surface area contributed by atoms with Crippen LogP contribution in [-0.4, -0.2) is 41.6 Å². The van der Waals surface area contributed by atoms with Gasteiger partial charge in [0.15, 0.2) is 0 Å². The minimum absolute atomic E-state index is 0.0397. The smallest absolute Gasteiger partial charge is 0.317 e. The molecule has 114 valence electrons. The fourth-order valence-corrected chi connectivity index (χ4v) is 2.52. The molecule has 0 radical (unpaired) electrons. The number of carbonyl (C=O) groups is 2. The Labute approximate surface area is 128 Å². The average molecular weight is 311 g/mol. The van der Waals surface area contributed by atoms with Crippen LogP contribution >= 0.6 is 11.6 Å². The van der Waals surface area contributed by atoms with E-state index in [0.717, 1.165) is 17.9 Å². The van der Waals surface area contributed by atoms with Gasteiger partial charge in [0.05, 0.1) is 6.42 Å². The summed E-state index contributed by atoms with van der Waals surface area (Å²) in [7, 11) is 1.60. The number of hydrogen-bond donors (Lipinski definition) is 2. The zero-order valence-electron chi connectivity index (χ0n) is 11.9. The van der Waals surface area contributed by atoms with Crippen molar-refractivity contribution in [1.82, 2.24) is 10.2 Å². The Balaban J connectivity index is 1.73. The third-order valence-electron chi connectivity index (χ3n) is 3.81. The number of benzene rings is 1. The van der Waals surface area contributed by atoms with Crippen LogP contribution in [0.3, 0.4) is 0 Å². The van der Waals surface area contributed by atoms with E-state index in [2.05, 4.69) is 5.32 Å². The number of amides is 2. The third kappa shape index (κ3) is 4.36. The van der Waals surface area contributed by atoms with E-state index in [1.165, 1.54) is 10.5 Å². The molecule has 1 saturated carbocycles. The minimum Gasteiger partial charge on any atom is -0.481 e. The van der Waals surface area contributed by atoms with E-state index in [4.69, 9.17) is 16.7 Å². The quantitative estimate of drug-likeness (QED) is 0.878. The molecule has 2 amide bonds. The van der Waals surface area contributed by atoms with Crippen molar-refractivity contribution in [3.8, 4) is 0 Å². The van der Waals surface area contributed by atoms with Crippen LogP contribution in [0, 0.1) is 0 Å². The summed E-state index contributed by atoms with van der Waals surface area (Å²) in [6, 6.07) is 7.74. The second kappa shape index (κ2) is 6.80. The first-order valence-electron chi connectivity index (χ1n) is 6.94. The summed E-state index contributed by atoms with van der Waals surface area (Å²) >= 11 is 5.86. The highest BCUT2D eigenvalue weighted by Gasteiger charge is 2.31. The average Bonchev–Trinajstić information content (AvgIpc) is 2.40. The van der Waals surface area contributed by atoms with Crippen molar-refractivity contribution in [1.29, 1.82) is 0 Å². The van der Waals surface area contributed by atoms with Gasteiger partial charge in [0.2, 0.25) is 0 Å². The summed E-state index contributed by atoms with van der Waals surface area (Å²) in [6.07, 6.45) is 1.77. The van der Waals surface area contributed by atoms with Crippen LogP contribution in [0.25, 0.3) is 0 Å². The van der Waals surface area contributed by atoms with Crippen LogP contribution in [0.1, 0.15) is 30.7 Å². The summed E-state index contributed by atoms with van der Waals surface area (Å²) in [5, 5.41) is 12.2. The Morgan fingerprint density at radius 2 is 1.95 bits per heavy atom. The number of halogens is 1. The standard InChI is InChI=1S/C15H19ClN2O3/c1-18(7-6-14(19)20)15(21)17-13-8-11(9-13)10-2-4-12(16)5-3-10/h2-5,11,13H,6-9H2,1H3,(H,17,21)(H,19,20). The minimum atomic E-state index is -0.902. The molecule has 0 saturated heterocycles. The van der Waals surface area contributed by atoms with Crippen LogP contribution in [-0.2, 0) is 4.79 Å². The second-order valence-corrected chi connectivity index (χ2v) is 5.87. The van der Waals surface area contributed by atoms with Gasteiger partial charge in [0.1, 0.15) is 0 Å². The lowest BCUT2D eigenvalue weighted by Gasteiger charge is -2.37. The van der Waals surface area contributed by atoms with E-state index >= 15 is 0 Å². The van der Waals surface area contributed by atoms with Crippen LogP contribution in [0.5, 0.6) is 0 Å².